The van der Waals surface area contributed by atoms with E-state index in [1.165, 1.54) is 45.7 Å². The largest absolute Gasteiger partial charge is 0.497 e. The van der Waals surface area contributed by atoms with Crippen LogP contribution in [0.3, 0.4) is 0 Å². The van der Waals surface area contributed by atoms with E-state index < -0.39 is 0 Å². The normalized spacial score (nSPS) is 15.2. The molecule has 1 aliphatic carbocycles. The Hall–Kier alpha value is -2.27. The van der Waals surface area contributed by atoms with Gasteiger partial charge in [0.1, 0.15) is 10.6 Å². The average Bonchev–Trinajstić information content (AvgIpc) is 3.08. The summed E-state index contributed by atoms with van der Waals surface area (Å²) in [6.45, 7) is 4.55. The zero-order chi connectivity index (χ0) is 18.3. The fraction of sp³-hybridized carbons (Fsp3) is 0.381. The number of nitrogens with one attached hydrogen (secondary N) is 1. The molecule has 2 heterocycles. The first-order valence-corrected chi connectivity index (χ1v) is 9.80. The zero-order valence-electron chi connectivity index (χ0n) is 15.3. The summed E-state index contributed by atoms with van der Waals surface area (Å²) in [5.74, 6) is 0.625. The molecule has 2 aromatic heterocycles. The second kappa shape index (κ2) is 6.47. The van der Waals surface area contributed by atoms with Crippen molar-refractivity contribution in [1.29, 1.82) is 0 Å². The molecule has 1 fully saturated rings. The highest BCUT2D eigenvalue weighted by Crippen LogP contribution is 2.50. The predicted octanol–water partition coefficient (Wildman–Crippen LogP) is 5.06. The Morgan fingerprint density at radius 2 is 2.08 bits per heavy atom. The van der Waals surface area contributed by atoms with Crippen molar-refractivity contribution >= 4 is 28.2 Å². The molecule has 0 radical (unpaired) electrons. The highest BCUT2D eigenvalue weighted by Gasteiger charge is 2.42. The van der Waals surface area contributed by atoms with E-state index in [0.29, 0.717) is 11.5 Å². The molecule has 3 aromatic rings. The van der Waals surface area contributed by atoms with Crippen LogP contribution in [0.2, 0.25) is 0 Å². The smallest absolute Gasteiger partial charge is 0.348 e. The van der Waals surface area contributed by atoms with Crippen LogP contribution in [0.1, 0.15) is 52.5 Å². The second-order valence-corrected chi connectivity index (χ2v) is 8.28. The van der Waals surface area contributed by atoms with Gasteiger partial charge in [-0.15, -0.1) is 11.3 Å². The first-order chi connectivity index (χ1) is 12.5. The minimum atomic E-state index is -0.234. The Morgan fingerprint density at radius 1 is 1.27 bits per heavy atom. The molecule has 0 aliphatic heterocycles. The van der Waals surface area contributed by atoms with Crippen LogP contribution in [-0.4, -0.2) is 24.7 Å². The summed E-state index contributed by atoms with van der Waals surface area (Å²) in [4.78, 5) is 17.4. The van der Waals surface area contributed by atoms with Crippen LogP contribution in [0.25, 0.3) is 10.9 Å². The Kier molecular flexibility index (Phi) is 4.27. The number of methoxy groups -OCH3 is 1. The number of benzene rings is 1. The van der Waals surface area contributed by atoms with Crippen LogP contribution in [-0.2, 0) is 16.6 Å². The van der Waals surface area contributed by atoms with Crippen molar-refractivity contribution in [2.24, 2.45) is 0 Å². The minimum absolute atomic E-state index is 0.234. The third-order valence-electron chi connectivity index (χ3n) is 5.21. The average molecular weight is 369 g/mol. The lowest BCUT2D eigenvalue weighted by molar-refractivity contribution is 0.0532. The highest BCUT2D eigenvalue weighted by molar-refractivity contribution is 7.14. The van der Waals surface area contributed by atoms with Crippen LogP contribution >= 0.6 is 11.3 Å². The molecule has 0 amide bonds. The predicted molar refractivity (Wildman–Crippen MR) is 105 cm³/mol. The van der Waals surface area contributed by atoms with E-state index in [0.717, 1.165) is 17.7 Å². The molecule has 26 heavy (non-hydrogen) atoms. The van der Waals surface area contributed by atoms with Gasteiger partial charge >= 0.3 is 5.97 Å². The zero-order valence-corrected chi connectivity index (χ0v) is 16.2. The molecule has 1 aliphatic rings. The van der Waals surface area contributed by atoms with Crippen molar-refractivity contribution in [3.05, 3.63) is 51.3 Å². The number of hydrogen-bond donors (Lipinski definition) is 1. The van der Waals surface area contributed by atoms with E-state index in [1.807, 2.05) is 25.1 Å². The van der Waals surface area contributed by atoms with E-state index in [1.54, 1.807) is 7.11 Å². The fourth-order valence-electron chi connectivity index (χ4n) is 3.46. The monoisotopic (exact) mass is 369 g/mol. The fourth-order valence-corrected chi connectivity index (χ4v) is 4.37. The maximum atomic E-state index is 11.9. The molecule has 0 bridgehead atoms. The van der Waals surface area contributed by atoms with Crippen molar-refractivity contribution in [3.63, 3.8) is 0 Å². The maximum Gasteiger partial charge on any atom is 0.348 e. The van der Waals surface area contributed by atoms with Gasteiger partial charge in [0.25, 0.3) is 0 Å². The van der Waals surface area contributed by atoms with Gasteiger partial charge in [-0.1, -0.05) is 6.92 Å². The van der Waals surface area contributed by atoms with Crippen molar-refractivity contribution in [2.45, 2.75) is 38.5 Å². The summed E-state index contributed by atoms with van der Waals surface area (Å²) in [5, 5.41) is 1.24. The van der Waals surface area contributed by atoms with Gasteiger partial charge in [-0.05, 0) is 49.6 Å². The van der Waals surface area contributed by atoms with Gasteiger partial charge < -0.3 is 14.5 Å². The van der Waals surface area contributed by atoms with E-state index in [-0.39, 0.29) is 11.4 Å². The van der Waals surface area contributed by atoms with Gasteiger partial charge in [0.2, 0.25) is 0 Å². The summed E-state index contributed by atoms with van der Waals surface area (Å²) in [7, 11) is 1.69. The van der Waals surface area contributed by atoms with E-state index in [2.05, 4.69) is 24.0 Å². The number of H-pyrrole nitrogens is 1. The third-order valence-corrected chi connectivity index (χ3v) is 6.27. The Bertz CT molecular complexity index is 965. The molecule has 1 aromatic carbocycles. The second-order valence-electron chi connectivity index (χ2n) is 7.11. The summed E-state index contributed by atoms with van der Waals surface area (Å²) in [6.07, 6.45) is 3.24. The lowest BCUT2D eigenvalue weighted by Gasteiger charge is -2.10. The Morgan fingerprint density at radius 3 is 2.77 bits per heavy atom. The van der Waals surface area contributed by atoms with E-state index >= 15 is 0 Å². The third kappa shape index (κ3) is 3.01. The number of carbonyl (C=O) groups is 1. The molecule has 0 spiro atoms. The van der Waals surface area contributed by atoms with Crippen molar-refractivity contribution < 1.29 is 14.3 Å². The SMILES string of the molecule is CCOC(=O)c1ccc(Cc2c(C3(C)CC3)[nH]c3cc(OC)ccc23)s1. The van der Waals surface area contributed by atoms with Crippen LogP contribution in [0.15, 0.2) is 30.3 Å². The molecule has 136 valence electrons. The molecule has 1 saturated carbocycles. The number of carbonyl (C=O) groups excluding carboxylic acids is 1. The lowest BCUT2D eigenvalue weighted by Crippen LogP contribution is -2.04. The molecule has 5 heteroatoms. The van der Waals surface area contributed by atoms with Gasteiger partial charge in [0.15, 0.2) is 0 Å². The number of aromatic nitrogens is 1. The molecule has 1 N–H and O–H groups in total. The van der Waals surface area contributed by atoms with Gasteiger partial charge in [-0.3, -0.25) is 0 Å². The topological polar surface area (TPSA) is 51.3 Å². The van der Waals surface area contributed by atoms with Gasteiger partial charge in [-0.2, -0.15) is 0 Å². The summed E-state index contributed by atoms with van der Waals surface area (Å²) in [5.41, 5.74) is 4.01. The number of esters is 1. The van der Waals surface area contributed by atoms with Crippen LogP contribution < -0.4 is 4.74 Å². The first kappa shape index (κ1) is 17.2. The number of hydrogen-bond acceptors (Lipinski definition) is 4. The molecule has 4 nitrogen and oxygen atoms in total. The van der Waals surface area contributed by atoms with Crippen LogP contribution in [0, 0.1) is 0 Å². The number of aromatic amines is 1. The van der Waals surface area contributed by atoms with Gasteiger partial charge in [-0.25, -0.2) is 4.79 Å². The molecule has 4 rings (SSSR count). The number of thiophene rings is 1. The van der Waals surface area contributed by atoms with Crippen LogP contribution in [0.4, 0.5) is 0 Å². The van der Waals surface area contributed by atoms with Crippen LogP contribution in [0.5, 0.6) is 5.75 Å². The molecule has 0 unspecified atom stereocenters. The summed E-state index contributed by atoms with van der Waals surface area (Å²) < 4.78 is 10.5. The van der Waals surface area contributed by atoms with Gasteiger partial charge in [0.05, 0.1) is 13.7 Å². The summed E-state index contributed by atoms with van der Waals surface area (Å²) >= 11 is 1.52. The number of fused-ring (bicyclic) bond motifs is 1. The van der Waals surface area contributed by atoms with E-state index in [4.69, 9.17) is 9.47 Å². The van der Waals surface area contributed by atoms with Crippen molar-refractivity contribution in [3.8, 4) is 5.75 Å². The lowest BCUT2D eigenvalue weighted by atomic mass is 9.97. The van der Waals surface area contributed by atoms with Crippen molar-refractivity contribution in [2.75, 3.05) is 13.7 Å². The standard InChI is InChI=1S/C21H23NO3S/c1-4-25-20(23)18-8-6-14(26-18)12-16-15-7-5-13(24-3)11-17(15)22-19(16)21(2)9-10-21/h5-8,11,22H,4,9-10,12H2,1-3H3. The van der Waals surface area contributed by atoms with Gasteiger partial charge in [0, 0.05) is 39.4 Å². The van der Waals surface area contributed by atoms with Crippen molar-refractivity contribution in [1.82, 2.24) is 4.98 Å². The number of ether oxygens (including phenoxy) is 2. The molecular weight excluding hydrogens is 346 g/mol. The Labute approximate surface area is 157 Å². The molecule has 0 atom stereocenters. The molecular formula is C21H23NO3S. The quantitative estimate of drug-likeness (QED) is 0.618. The van der Waals surface area contributed by atoms with E-state index in [9.17, 15) is 4.79 Å². The maximum absolute atomic E-state index is 11.9. The Balaban J connectivity index is 1.72. The molecule has 0 saturated heterocycles. The minimum Gasteiger partial charge on any atom is -0.497 e. The highest BCUT2D eigenvalue weighted by atomic mass is 32.1. The number of rotatable bonds is 6. The summed E-state index contributed by atoms with van der Waals surface area (Å²) in [6, 6.07) is 10.1. The first-order valence-electron chi connectivity index (χ1n) is 8.99.